The largest absolute Gasteiger partial charge is 0.481 e. The normalized spacial score (nSPS) is 16.2. The maximum atomic E-state index is 13.3. The van der Waals surface area contributed by atoms with E-state index >= 15 is 0 Å². The number of nitrogens with zero attached hydrogens (tertiary/aromatic N) is 1. The van der Waals surface area contributed by atoms with E-state index in [0.717, 1.165) is 24.8 Å². The molecule has 1 amide bonds. The summed E-state index contributed by atoms with van der Waals surface area (Å²) in [5, 5.41) is 12.6. The van der Waals surface area contributed by atoms with Crippen LogP contribution >= 0.6 is 0 Å². The minimum Gasteiger partial charge on any atom is -0.481 e. The van der Waals surface area contributed by atoms with Gasteiger partial charge in [-0.15, -0.1) is 0 Å². The third kappa shape index (κ3) is 5.17. The van der Waals surface area contributed by atoms with E-state index in [0.29, 0.717) is 37.9 Å². The Morgan fingerprint density at radius 1 is 1.13 bits per heavy atom. The Hall–Kier alpha value is -2.89. The van der Waals surface area contributed by atoms with Crippen molar-refractivity contribution < 1.29 is 14.7 Å². The molecular weight excluding hydrogens is 380 g/mol. The van der Waals surface area contributed by atoms with Crippen LogP contribution in [0.2, 0.25) is 0 Å². The quantitative estimate of drug-likeness (QED) is 0.646. The number of nitrogens with one attached hydrogen (secondary N) is 1. The monoisotopic (exact) mass is 410 g/mol. The zero-order valence-corrected chi connectivity index (χ0v) is 17.5. The Labute approximate surface area is 176 Å². The van der Waals surface area contributed by atoms with Crippen LogP contribution in [-0.2, 0) is 16.1 Å². The van der Waals surface area contributed by atoms with Crippen molar-refractivity contribution in [1.82, 2.24) is 4.57 Å². The molecular formula is C24H30N2O4. The molecule has 0 aliphatic heterocycles. The average molecular weight is 411 g/mol. The number of aliphatic carboxylic acids is 1. The second-order valence-electron chi connectivity index (χ2n) is 8.34. The van der Waals surface area contributed by atoms with Gasteiger partial charge in [0.2, 0.25) is 5.91 Å². The van der Waals surface area contributed by atoms with Gasteiger partial charge in [-0.2, -0.15) is 0 Å². The van der Waals surface area contributed by atoms with E-state index in [1.807, 2.05) is 37.3 Å². The summed E-state index contributed by atoms with van der Waals surface area (Å²) in [5.41, 5.74) is 0.767. The van der Waals surface area contributed by atoms with Crippen LogP contribution in [0.15, 0.2) is 53.5 Å². The van der Waals surface area contributed by atoms with Crippen LogP contribution in [0.1, 0.15) is 57.4 Å². The number of rotatable bonds is 9. The molecule has 2 N–H and O–H groups in total. The fraction of sp³-hybridized carbons (Fsp3) is 0.458. The summed E-state index contributed by atoms with van der Waals surface area (Å²) in [5.74, 6) is -1.47. The van der Waals surface area contributed by atoms with E-state index in [2.05, 4.69) is 5.32 Å². The number of aromatic nitrogens is 1. The molecule has 0 radical (unpaired) electrons. The molecule has 6 nitrogen and oxygen atoms in total. The molecule has 0 bridgehead atoms. The summed E-state index contributed by atoms with van der Waals surface area (Å²) in [6, 6.07) is 12.7. The van der Waals surface area contributed by atoms with E-state index in [4.69, 9.17) is 0 Å². The molecule has 1 aliphatic rings. The Morgan fingerprint density at radius 2 is 1.83 bits per heavy atom. The molecule has 6 heteroatoms. The molecule has 160 valence electrons. The van der Waals surface area contributed by atoms with Gasteiger partial charge in [0.05, 0.1) is 23.6 Å². The van der Waals surface area contributed by atoms with E-state index in [1.165, 1.54) is 6.07 Å². The number of hydrogen-bond donors (Lipinski definition) is 2. The lowest BCUT2D eigenvalue weighted by Gasteiger charge is -2.30. The Balaban J connectivity index is 1.78. The van der Waals surface area contributed by atoms with Gasteiger partial charge < -0.3 is 15.0 Å². The zero-order chi connectivity index (χ0) is 21.6. The number of carboxylic acids is 1. The van der Waals surface area contributed by atoms with E-state index in [9.17, 15) is 19.5 Å². The summed E-state index contributed by atoms with van der Waals surface area (Å²) in [6.07, 6.45) is 6.65. The van der Waals surface area contributed by atoms with E-state index in [1.54, 1.807) is 16.8 Å². The molecule has 0 saturated heterocycles. The fourth-order valence-corrected chi connectivity index (χ4v) is 4.48. The van der Waals surface area contributed by atoms with Crippen LogP contribution in [-0.4, -0.2) is 21.6 Å². The van der Waals surface area contributed by atoms with Crippen LogP contribution in [0.5, 0.6) is 0 Å². The number of benzene rings is 1. The fourth-order valence-electron chi connectivity index (χ4n) is 4.48. The molecule has 0 spiro atoms. The second kappa shape index (κ2) is 9.74. The molecule has 1 atom stereocenters. The van der Waals surface area contributed by atoms with Crippen LogP contribution in [0, 0.1) is 11.3 Å². The number of carbonyl (C=O) groups excluding carboxylic acids is 1. The molecule has 0 unspecified atom stereocenters. The number of anilines is 1. The van der Waals surface area contributed by atoms with Gasteiger partial charge >= 0.3 is 5.97 Å². The zero-order valence-electron chi connectivity index (χ0n) is 17.5. The molecule has 1 heterocycles. The first-order valence-corrected chi connectivity index (χ1v) is 10.7. The summed E-state index contributed by atoms with van der Waals surface area (Å²) >= 11 is 0. The van der Waals surface area contributed by atoms with Crippen molar-refractivity contribution >= 4 is 17.6 Å². The first-order valence-electron chi connectivity index (χ1n) is 10.7. The topological polar surface area (TPSA) is 88.4 Å². The molecule has 1 aliphatic carbocycles. The summed E-state index contributed by atoms with van der Waals surface area (Å²) < 4.78 is 1.57. The SMILES string of the molecule is CCC[C@H](CC1(C(=O)Nc2ccc(=O)n(Cc3ccccc3)c2)CCCC1)C(=O)O. The van der Waals surface area contributed by atoms with E-state index < -0.39 is 17.3 Å². The first-order chi connectivity index (χ1) is 14.4. The van der Waals surface area contributed by atoms with Gasteiger partial charge in [0.15, 0.2) is 0 Å². The molecule has 1 saturated carbocycles. The van der Waals surface area contributed by atoms with Gasteiger partial charge in [-0.3, -0.25) is 14.4 Å². The van der Waals surface area contributed by atoms with Gasteiger partial charge in [0.25, 0.3) is 5.56 Å². The maximum Gasteiger partial charge on any atom is 0.306 e. The Kier molecular flexibility index (Phi) is 7.08. The summed E-state index contributed by atoms with van der Waals surface area (Å²) in [6.45, 7) is 2.39. The second-order valence-corrected chi connectivity index (χ2v) is 8.34. The van der Waals surface area contributed by atoms with Crippen molar-refractivity contribution in [2.75, 3.05) is 5.32 Å². The molecule has 2 aromatic rings. The van der Waals surface area contributed by atoms with Crippen molar-refractivity contribution in [2.24, 2.45) is 11.3 Å². The van der Waals surface area contributed by atoms with Crippen molar-refractivity contribution in [2.45, 2.75) is 58.4 Å². The van der Waals surface area contributed by atoms with Gasteiger partial charge in [0, 0.05) is 12.3 Å². The lowest BCUT2D eigenvalue weighted by Crippen LogP contribution is -2.37. The molecule has 3 rings (SSSR count). The highest BCUT2D eigenvalue weighted by Crippen LogP contribution is 2.45. The Bertz CT molecular complexity index is 930. The third-order valence-electron chi connectivity index (χ3n) is 6.10. The number of pyridine rings is 1. The first kappa shape index (κ1) is 21.8. The maximum absolute atomic E-state index is 13.3. The van der Waals surface area contributed by atoms with Crippen molar-refractivity contribution in [3.63, 3.8) is 0 Å². The van der Waals surface area contributed by atoms with E-state index in [-0.39, 0.29) is 11.5 Å². The van der Waals surface area contributed by atoms with Crippen LogP contribution in [0.3, 0.4) is 0 Å². The standard InChI is InChI=1S/C24H30N2O4/c1-2-8-19(22(28)29)15-24(13-6-7-14-24)23(30)25-20-11-12-21(27)26(17-20)16-18-9-4-3-5-10-18/h3-5,9-12,17,19H,2,6-8,13-16H2,1H3,(H,25,30)(H,28,29)/t19-/m1/s1. The van der Waals surface area contributed by atoms with Crippen LogP contribution < -0.4 is 10.9 Å². The van der Waals surface area contributed by atoms with Crippen molar-refractivity contribution in [3.05, 3.63) is 64.6 Å². The van der Waals surface area contributed by atoms with Gasteiger partial charge in [-0.25, -0.2) is 0 Å². The highest BCUT2D eigenvalue weighted by atomic mass is 16.4. The third-order valence-corrected chi connectivity index (χ3v) is 6.10. The van der Waals surface area contributed by atoms with Gasteiger partial charge in [0.1, 0.15) is 0 Å². The smallest absolute Gasteiger partial charge is 0.306 e. The number of carbonyl (C=O) groups is 2. The Morgan fingerprint density at radius 3 is 2.47 bits per heavy atom. The van der Waals surface area contributed by atoms with Crippen molar-refractivity contribution in [3.8, 4) is 0 Å². The van der Waals surface area contributed by atoms with Crippen LogP contribution in [0.4, 0.5) is 5.69 Å². The van der Waals surface area contributed by atoms with Gasteiger partial charge in [-0.05, 0) is 37.3 Å². The van der Waals surface area contributed by atoms with Gasteiger partial charge in [-0.1, -0.05) is 56.5 Å². The summed E-state index contributed by atoms with van der Waals surface area (Å²) in [4.78, 5) is 37.2. The minimum atomic E-state index is -0.827. The predicted molar refractivity (Wildman–Crippen MR) is 116 cm³/mol. The predicted octanol–water partition coefficient (Wildman–Crippen LogP) is 4.29. The lowest BCUT2D eigenvalue weighted by atomic mass is 9.75. The number of hydrogen-bond acceptors (Lipinski definition) is 3. The highest BCUT2D eigenvalue weighted by Gasteiger charge is 2.43. The molecule has 1 aromatic carbocycles. The van der Waals surface area contributed by atoms with Crippen LogP contribution in [0.25, 0.3) is 0 Å². The lowest BCUT2D eigenvalue weighted by molar-refractivity contribution is -0.144. The molecule has 30 heavy (non-hydrogen) atoms. The highest BCUT2D eigenvalue weighted by molar-refractivity contribution is 5.95. The minimum absolute atomic E-state index is 0.132. The molecule has 1 aromatic heterocycles. The summed E-state index contributed by atoms with van der Waals surface area (Å²) in [7, 11) is 0. The average Bonchev–Trinajstić information content (AvgIpc) is 3.21. The molecule has 1 fully saturated rings. The number of amides is 1. The van der Waals surface area contributed by atoms with Crippen molar-refractivity contribution in [1.29, 1.82) is 0 Å². The number of carboxylic acid groups (broad SMARTS) is 1.